The Morgan fingerprint density at radius 3 is 2.52 bits per heavy atom. The van der Waals surface area contributed by atoms with E-state index in [-0.39, 0.29) is 11.7 Å². The number of piperazine rings is 1. The summed E-state index contributed by atoms with van der Waals surface area (Å²) in [6.45, 7) is 6.20. The van der Waals surface area contributed by atoms with Crippen LogP contribution in [-0.4, -0.2) is 37.0 Å². The summed E-state index contributed by atoms with van der Waals surface area (Å²) in [6, 6.07) is 15.0. The van der Waals surface area contributed by atoms with Crippen molar-refractivity contribution in [2.45, 2.75) is 20.0 Å². The van der Waals surface area contributed by atoms with Crippen molar-refractivity contribution in [3.05, 3.63) is 65.5 Å². The van der Waals surface area contributed by atoms with Crippen molar-refractivity contribution in [3.8, 4) is 0 Å². The van der Waals surface area contributed by atoms with E-state index in [1.165, 1.54) is 17.3 Å². The second-order valence-corrected chi connectivity index (χ2v) is 6.36. The molecule has 0 radical (unpaired) electrons. The Bertz CT molecular complexity index is 726. The van der Waals surface area contributed by atoms with Crippen LogP contribution in [0.4, 0.5) is 10.1 Å². The summed E-state index contributed by atoms with van der Waals surface area (Å²) in [5.41, 5.74) is 3.36. The molecule has 0 bridgehead atoms. The van der Waals surface area contributed by atoms with Crippen LogP contribution in [0.15, 0.2) is 48.5 Å². The van der Waals surface area contributed by atoms with Crippen LogP contribution < -0.4 is 10.2 Å². The van der Waals surface area contributed by atoms with Crippen LogP contribution in [0.5, 0.6) is 0 Å². The Balaban J connectivity index is 1.60. The molecule has 132 valence electrons. The first kappa shape index (κ1) is 17.4. The molecule has 5 heteroatoms. The molecule has 4 nitrogen and oxygen atoms in total. The highest BCUT2D eigenvalue weighted by Gasteiger charge is 2.20. The van der Waals surface area contributed by atoms with Crippen molar-refractivity contribution in [1.29, 1.82) is 0 Å². The highest BCUT2D eigenvalue weighted by atomic mass is 19.1. The minimum Gasteiger partial charge on any atom is -0.368 e. The van der Waals surface area contributed by atoms with Gasteiger partial charge in [-0.25, -0.2) is 4.39 Å². The van der Waals surface area contributed by atoms with Gasteiger partial charge in [-0.3, -0.25) is 4.79 Å². The molecule has 1 amide bonds. The average Bonchev–Trinajstić information content (AvgIpc) is 2.62. The Labute approximate surface area is 148 Å². The lowest BCUT2D eigenvalue weighted by atomic mass is 10.1. The maximum absolute atomic E-state index is 13.3. The molecular formula is C20H24FN3O. The van der Waals surface area contributed by atoms with E-state index >= 15 is 0 Å². The van der Waals surface area contributed by atoms with Crippen molar-refractivity contribution < 1.29 is 9.18 Å². The SMILES string of the molecule is CC(=O)N1CCN(c2ccccc2CNCc2cccc(F)c2)CC1. The standard InChI is InChI=1S/C20H24FN3O/c1-16(25)23-9-11-24(12-10-23)20-8-3-2-6-18(20)15-22-14-17-5-4-7-19(21)13-17/h2-8,13,22H,9-12,14-15H2,1H3. The molecule has 0 aromatic heterocycles. The Morgan fingerprint density at radius 1 is 1.04 bits per heavy atom. The minimum atomic E-state index is -0.206. The molecule has 0 spiro atoms. The van der Waals surface area contributed by atoms with Crippen molar-refractivity contribution >= 4 is 11.6 Å². The van der Waals surface area contributed by atoms with Gasteiger partial charge in [-0.15, -0.1) is 0 Å². The largest absolute Gasteiger partial charge is 0.368 e. The van der Waals surface area contributed by atoms with E-state index in [1.807, 2.05) is 23.1 Å². The van der Waals surface area contributed by atoms with Crippen LogP contribution in [0.1, 0.15) is 18.1 Å². The lowest BCUT2D eigenvalue weighted by Crippen LogP contribution is -2.48. The summed E-state index contributed by atoms with van der Waals surface area (Å²) in [5, 5.41) is 3.39. The maximum Gasteiger partial charge on any atom is 0.219 e. The first-order valence-electron chi connectivity index (χ1n) is 8.67. The molecule has 3 rings (SSSR count). The van der Waals surface area contributed by atoms with Gasteiger partial charge in [-0.2, -0.15) is 0 Å². The fraction of sp³-hybridized carbons (Fsp3) is 0.350. The van der Waals surface area contributed by atoms with E-state index in [4.69, 9.17) is 0 Å². The quantitative estimate of drug-likeness (QED) is 0.908. The zero-order valence-electron chi connectivity index (χ0n) is 14.5. The van der Waals surface area contributed by atoms with Gasteiger partial charge in [-0.05, 0) is 29.3 Å². The molecule has 1 aliphatic heterocycles. The van der Waals surface area contributed by atoms with E-state index in [2.05, 4.69) is 22.3 Å². The van der Waals surface area contributed by atoms with E-state index in [1.54, 1.807) is 19.1 Å². The van der Waals surface area contributed by atoms with Crippen LogP contribution in [0.3, 0.4) is 0 Å². The van der Waals surface area contributed by atoms with E-state index < -0.39 is 0 Å². The zero-order chi connectivity index (χ0) is 17.6. The number of carbonyl (C=O) groups is 1. The van der Waals surface area contributed by atoms with Crippen LogP contribution in [0.25, 0.3) is 0 Å². The van der Waals surface area contributed by atoms with Gasteiger partial charge < -0.3 is 15.1 Å². The normalized spacial score (nSPS) is 14.6. The number of hydrogen-bond donors (Lipinski definition) is 1. The number of benzene rings is 2. The summed E-state index contributed by atoms with van der Waals surface area (Å²) in [4.78, 5) is 15.7. The number of para-hydroxylation sites is 1. The molecule has 1 heterocycles. The summed E-state index contributed by atoms with van der Waals surface area (Å²) < 4.78 is 13.3. The predicted molar refractivity (Wildman–Crippen MR) is 97.9 cm³/mol. The summed E-state index contributed by atoms with van der Waals surface area (Å²) in [7, 11) is 0. The monoisotopic (exact) mass is 341 g/mol. The van der Waals surface area contributed by atoms with Gasteiger partial charge in [0.05, 0.1) is 0 Å². The van der Waals surface area contributed by atoms with Crippen molar-refractivity contribution in [2.24, 2.45) is 0 Å². The molecule has 0 atom stereocenters. The molecule has 1 saturated heterocycles. The van der Waals surface area contributed by atoms with Crippen molar-refractivity contribution in [2.75, 3.05) is 31.1 Å². The fourth-order valence-electron chi connectivity index (χ4n) is 3.22. The number of nitrogens with zero attached hydrogens (tertiary/aromatic N) is 2. The predicted octanol–water partition coefficient (Wildman–Crippen LogP) is 2.78. The molecule has 2 aromatic rings. The van der Waals surface area contributed by atoms with Crippen LogP contribution in [0.2, 0.25) is 0 Å². The maximum atomic E-state index is 13.3. The third-order valence-corrected chi connectivity index (χ3v) is 4.59. The minimum absolute atomic E-state index is 0.143. The zero-order valence-corrected chi connectivity index (χ0v) is 14.5. The number of carbonyl (C=O) groups excluding carboxylic acids is 1. The van der Waals surface area contributed by atoms with Gasteiger partial charge in [0.15, 0.2) is 0 Å². The van der Waals surface area contributed by atoms with Gasteiger partial charge in [0.2, 0.25) is 5.91 Å². The molecule has 25 heavy (non-hydrogen) atoms. The number of hydrogen-bond acceptors (Lipinski definition) is 3. The van der Waals surface area contributed by atoms with Crippen LogP contribution >= 0.6 is 0 Å². The molecule has 0 saturated carbocycles. The van der Waals surface area contributed by atoms with Gasteiger partial charge in [0.25, 0.3) is 0 Å². The number of anilines is 1. The van der Waals surface area contributed by atoms with Crippen molar-refractivity contribution in [1.82, 2.24) is 10.2 Å². The molecule has 0 unspecified atom stereocenters. The number of rotatable bonds is 5. The second-order valence-electron chi connectivity index (χ2n) is 6.36. The van der Waals surface area contributed by atoms with E-state index in [9.17, 15) is 9.18 Å². The third kappa shape index (κ3) is 4.57. The highest BCUT2D eigenvalue weighted by molar-refractivity contribution is 5.73. The third-order valence-electron chi connectivity index (χ3n) is 4.59. The van der Waals surface area contributed by atoms with Gasteiger partial charge >= 0.3 is 0 Å². The molecule has 1 aliphatic rings. The second kappa shape index (κ2) is 8.12. The number of nitrogens with one attached hydrogen (secondary N) is 1. The Hall–Kier alpha value is -2.40. The summed E-state index contributed by atoms with van der Waals surface area (Å²) in [6.07, 6.45) is 0. The molecule has 1 N–H and O–H groups in total. The number of amides is 1. The Morgan fingerprint density at radius 2 is 1.80 bits per heavy atom. The number of halogens is 1. The highest BCUT2D eigenvalue weighted by Crippen LogP contribution is 2.22. The Kier molecular flexibility index (Phi) is 5.66. The van der Waals surface area contributed by atoms with Gasteiger partial charge in [0.1, 0.15) is 5.82 Å². The summed E-state index contributed by atoms with van der Waals surface area (Å²) in [5.74, 6) is -0.0623. The fourth-order valence-corrected chi connectivity index (χ4v) is 3.22. The summed E-state index contributed by atoms with van der Waals surface area (Å²) >= 11 is 0. The van der Waals surface area contributed by atoms with Gasteiger partial charge in [-0.1, -0.05) is 30.3 Å². The molecule has 1 fully saturated rings. The molecule has 0 aliphatic carbocycles. The van der Waals surface area contributed by atoms with Crippen molar-refractivity contribution in [3.63, 3.8) is 0 Å². The van der Waals surface area contributed by atoms with Gasteiger partial charge in [0, 0.05) is 51.9 Å². The van der Waals surface area contributed by atoms with Crippen LogP contribution in [0, 0.1) is 5.82 Å². The average molecular weight is 341 g/mol. The molecular weight excluding hydrogens is 317 g/mol. The van der Waals surface area contributed by atoms with E-state index in [0.29, 0.717) is 6.54 Å². The molecule has 2 aromatic carbocycles. The lowest BCUT2D eigenvalue weighted by Gasteiger charge is -2.36. The van der Waals surface area contributed by atoms with Crippen LogP contribution in [-0.2, 0) is 17.9 Å². The first-order valence-corrected chi connectivity index (χ1v) is 8.67. The topological polar surface area (TPSA) is 35.6 Å². The first-order chi connectivity index (χ1) is 12.1. The smallest absolute Gasteiger partial charge is 0.219 e. The van der Waals surface area contributed by atoms with E-state index in [0.717, 1.165) is 38.3 Å². The lowest BCUT2D eigenvalue weighted by molar-refractivity contribution is -0.129.